The number of nitrogens with one attached hydrogen (secondary N) is 1. The molecule has 1 heterocycles. The molecule has 3 unspecified atom stereocenters. The highest BCUT2D eigenvalue weighted by Gasteiger charge is 2.24. The summed E-state index contributed by atoms with van der Waals surface area (Å²) in [5.41, 5.74) is 2.39. The fourth-order valence-electron chi connectivity index (χ4n) is 3.98. The summed E-state index contributed by atoms with van der Waals surface area (Å²) >= 11 is 0. The van der Waals surface area contributed by atoms with E-state index in [0.717, 1.165) is 36.4 Å². The van der Waals surface area contributed by atoms with E-state index in [9.17, 15) is 5.11 Å². The largest absolute Gasteiger partial charge is 0.485 e. The quantitative estimate of drug-likeness (QED) is 0.857. The van der Waals surface area contributed by atoms with Gasteiger partial charge in [-0.25, -0.2) is 0 Å². The zero-order chi connectivity index (χ0) is 17.8. The number of benzene rings is 2. The van der Waals surface area contributed by atoms with Gasteiger partial charge in [0.15, 0.2) is 17.6 Å². The molecular formula is C22H27NO3. The average molecular weight is 353 g/mol. The summed E-state index contributed by atoms with van der Waals surface area (Å²) in [5.74, 6) is 2.02. The summed E-state index contributed by atoms with van der Waals surface area (Å²) in [5, 5.41) is 13.2. The van der Waals surface area contributed by atoms with E-state index in [0.29, 0.717) is 18.6 Å². The van der Waals surface area contributed by atoms with Crippen LogP contribution < -0.4 is 14.8 Å². The Kier molecular flexibility index (Phi) is 5.42. The van der Waals surface area contributed by atoms with Crippen molar-refractivity contribution >= 4 is 0 Å². The smallest absolute Gasteiger partial charge is 0.162 e. The molecule has 2 aromatic rings. The normalized spacial score (nSPS) is 25.0. The average Bonchev–Trinajstić information content (AvgIpc) is 2.72. The van der Waals surface area contributed by atoms with Gasteiger partial charge >= 0.3 is 0 Å². The predicted molar refractivity (Wildman–Crippen MR) is 101 cm³/mol. The van der Waals surface area contributed by atoms with Crippen LogP contribution in [0.15, 0.2) is 48.5 Å². The molecule has 1 aliphatic carbocycles. The second-order valence-corrected chi connectivity index (χ2v) is 7.32. The molecule has 1 aliphatic heterocycles. The van der Waals surface area contributed by atoms with E-state index in [2.05, 4.69) is 29.6 Å². The van der Waals surface area contributed by atoms with Gasteiger partial charge in [-0.2, -0.15) is 0 Å². The minimum atomic E-state index is -0.0657. The molecule has 1 saturated carbocycles. The van der Waals surface area contributed by atoms with Crippen molar-refractivity contribution < 1.29 is 14.6 Å². The van der Waals surface area contributed by atoms with Crippen LogP contribution in [0.4, 0.5) is 0 Å². The molecule has 1 fully saturated rings. The van der Waals surface area contributed by atoms with Crippen LogP contribution in [0.2, 0.25) is 0 Å². The fourth-order valence-corrected chi connectivity index (χ4v) is 3.98. The third-order valence-corrected chi connectivity index (χ3v) is 5.57. The molecule has 0 aromatic heterocycles. The maximum absolute atomic E-state index is 9.54. The van der Waals surface area contributed by atoms with Gasteiger partial charge in [-0.3, -0.25) is 0 Å². The van der Waals surface area contributed by atoms with Crippen molar-refractivity contribution in [2.24, 2.45) is 5.92 Å². The lowest BCUT2D eigenvalue weighted by Crippen LogP contribution is -2.39. The second-order valence-electron chi connectivity index (χ2n) is 7.32. The first-order valence-corrected chi connectivity index (χ1v) is 9.65. The SMILES string of the molecule is OCC1CCCCC1NCc1ccc(C2COc3ccccc3O2)cc1. The number of fused-ring (bicyclic) bond motifs is 1. The van der Waals surface area contributed by atoms with E-state index in [1.807, 2.05) is 24.3 Å². The Hall–Kier alpha value is -2.04. The van der Waals surface area contributed by atoms with Crippen LogP contribution in [-0.2, 0) is 6.54 Å². The Labute approximate surface area is 155 Å². The van der Waals surface area contributed by atoms with Crippen LogP contribution in [-0.4, -0.2) is 24.4 Å². The first-order valence-electron chi connectivity index (χ1n) is 9.65. The van der Waals surface area contributed by atoms with Gasteiger partial charge in [-0.1, -0.05) is 49.2 Å². The monoisotopic (exact) mass is 353 g/mol. The molecule has 138 valence electrons. The second kappa shape index (κ2) is 8.11. The maximum Gasteiger partial charge on any atom is 0.162 e. The molecule has 4 rings (SSSR count). The van der Waals surface area contributed by atoms with Gasteiger partial charge in [0.1, 0.15) is 6.61 Å². The van der Waals surface area contributed by atoms with Crippen LogP contribution in [0.3, 0.4) is 0 Å². The number of hydrogen-bond acceptors (Lipinski definition) is 4. The van der Waals surface area contributed by atoms with Gasteiger partial charge in [0.2, 0.25) is 0 Å². The third-order valence-electron chi connectivity index (χ3n) is 5.57. The number of hydrogen-bond donors (Lipinski definition) is 2. The van der Waals surface area contributed by atoms with Crippen molar-refractivity contribution in [3.63, 3.8) is 0 Å². The Bertz CT molecular complexity index is 716. The maximum atomic E-state index is 9.54. The van der Waals surface area contributed by atoms with E-state index in [4.69, 9.17) is 9.47 Å². The van der Waals surface area contributed by atoms with Crippen molar-refractivity contribution in [2.75, 3.05) is 13.2 Å². The Morgan fingerprint density at radius 3 is 2.54 bits per heavy atom. The van der Waals surface area contributed by atoms with Crippen LogP contribution in [0, 0.1) is 5.92 Å². The highest BCUT2D eigenvalue weighted by molar-refractivity contribution is 5.41. The van der Waals surface area contributed by atoms with Crippen LogP contribution >= 0.6 is 0 Å². The third kappa shape index (κ3) is 3.87. The number of aliphatic hydroxyl groups is 1. The topological polar surface area (TPSA) is 50.7 Å². The van der Waals surface area contributed by atoms with Crippen molar-refractivity contribution in [1.82, 2.24) is 5.32 Å². The number of ether oxygens (including phenoxy) is 2. The molecule has 0 bridgehead atoms. The highest BCUT2D eigenvalue weighted by Crippen LogP contribution is 2.35. The van der Waals surface area contributed by atoms with Crippen molar-refractivity contribution in [3.8, 4) is 11.5 Å². The molecule has 2 aliphatic rings. The standard InChI is InChI=1S/C22H27NO3/c24-14-18-5-1-2-6-19(18)23-13-16-9-11-17(12-10-16)22-15-25-20-7-3-4-8-21(20)26-22/h3-4,7-12,18-19,22-24H,1-2,5-6,13-15H2. The minimum Gasteiger partial charge on any atom is -0.485 e. The zero-order valence-corrected chi connectivity index (χ0v) is 15.1. The molecule has 0 radical (unpaired) electrons. The molecule has 2 N–H and O–H groups in total. The first kappa shape index (κ1) is 17.4. The number of rotatable bonds is 5. The lowest BCUT2D eigenvalue weighted by Gasteiger charge is -2.31. The summed E-state index contributed by atoms with van der Waals surface area (Å²) in [7, 11) is 0. The molecule has 4 nitrogen and oxygen atoms in total. The highest BCUT2D eigenvalue weighted by atomic mass is 16.6. The van der Waals surface area contributed by atoms with Crippen molar-refractivity contribution in [1.29, 1.82) is 0 Å². The van der Waals surface area contributed by atoms with E-state index >= 15 is 0 Å². The lowest BCUT2D eigenvalue weighted by atomic mass is 9.85. The van der Waals surface area contributed by atoms with Crippen molar-refractivity contribution in [2.45, 2.75) is 44.4 Å². The molecule has 0 spiro atoms. The van der Waals surface area contributed by atoms with E-state index in [1.54, 1.807) is 0 Å². The van der Waals surface area contributed by atoms with Gasteiger partial charge in [0.25, 0.3) is 0 Å². The summed E-state index contributed by atoms with van der Waals surface area (Å²) in [6.07, 6.45) is 4.73. The van der Waals surface area contributed by atoms with Gasteiger partial charge in [-0.15, -0.1) is 0 Å². The Balaban J connectivity index is 1.35. The van der Waals surface area contributed by atoms with Crippen molar-refractivity contribution in [3.05, 3.63) is 59.7 Å². The molecule has 0 saturated heterocycles. The molecule has 26 heavy (non-hydrogen) atoms. The van der Waals surface area contributed by atoms with Crippen LogP contribution in [0.5, 0.6) is 11.5 Å². The Morgan fingerprint density at radius 2 is 1.73 bits per heavy atom. The van der Waals surface area contributed by atoms with Gasteiger partial charge in [0.05, 0.1) is 0 Å². The summed E-state index contributed by atoms with van der Waals surface area (Å²) < 4.78 is 11.9. The van der Waals surface area contributed by atoms with Gasteiger partial charge in [-0.05, 0) is 42.0 Å². The van der Waals surface area contributed by atoms with E-state index < -0.39 is 0 Å². The summed E-state index contributed by atoms with van der Waals surface area (Å²) in [6, 6.07) is 16.8. The molecule has 2 aromatic carbocycles. The van der Waals surface area contributed by atoms with E-state index in [1.165, 1.54) is 18.4 Å². The van der Waals surface area contributed by atoms with Crippen LogP contribution in [0.1, 0.15) is 42.9 Å². The van der Waals surface area contributed by atoms with E-state index in [-0.39, 0.29) is 12.7 Å². The molecule has 0 amide bonds. The number of para-hydroxylation sites is 2. The molecule has 4 heteroatoms. The minimum absolute atomic E-state index is 0.0657. The summed E-state index contributed by atoms with van der Waals surface area (Å²) in [4.78, 5) is 0. The summed E-state index contributed by atoms with van der Waals surface area (Å²) in [6.45, 7) is 1.66. The number of aliphatic hydroxyl groups excluding tert-OH is 1. The lowest BCUT2D eigenvalue weighted by molar-refractivity contribution is 0.0913. The first-order chi connectivity index (χ1) is 12.8. The van der Waals surface area contributed by atoms with Gasteiger partial charge < -0.3 is 19.9 Å². The van der Waals surface area contributed by atoms with Gasteiger partial charge in [0, 0.05) is 19.2 Å². The van der Waals surface area contributed by atoms with Crippen LogP contribution in [0.25, 0.3) is 0 Å². The molecule has 3 atom stereocenters. The molecular weight excluding hydrogens is 326 g/mol. The Morgan fingerprint density at radius 1 is 0.962 bits per heavy atom. The fraction of sp³-hybridized carbons (Fsp3) is 0.455. The predicted octanol–water partition coefficient (Wildman–Crippen LogP) is 3.84. The zero-order valence-electron chi connectivity index (χ0n) is 15.1.